The van der Waals surface area contributed by atoms with Gasteiger partial charge in [-0.1, -0.05) is 61.9 Å². The van der Waals surface area contributed by atoms with Crippen molar-refractivity contribution in [3.05, 3.63) is 76.5 Å². The molecule has 0 saturated heterocycles. The third kappa shape index (κ3) is 2.99. The Hall–Kier alpha value is -2.06. The van der Waals surface area contributed by atoms with Crippen molar-refractivity contribution in [1.82, 2.24) is 0 Å². The molecule has 0 bridgehead atoms. The van der Waals surface area contributed by atoms with E-state index < -0.39 is 0 Å². The van der Waals surface area contributed by atoms with Gasteiger partial charge in [0.2, 0.25) is 0 Å². The summed E-state index contributed by atoms with van der Waals surface area (Å²) in [7, 11) is 0. The van der Waals surface area contributed by atoms with Gasteiger partial charge in [0.25, 0.3) is 0 Å². The summed E-state index contributed by atoms with van der Waals surface area (Å²) in [5, 5.41) is 3.83. The van der Waals surface area contributed by atoms with Gasteiger partial charge in [-0.05, 0) is 42.0 Å². The van der Waals surface area contributed by atoms with E-state index >= 15 is 0 Å². The summed E-state index contributed by atoms with van der Waals surface area (Å²) in [4.78, 5) is 11.0. The molecule has 0 spiro atoms. The van der Waals surface area contributed by atoms with E-state index in [0.717, 1.165) is 17.7 Å². The molecule has 1 aliphatic rings. The Morgan fingerprint density at radius 1 is 1.25 bits per heavy atom. The highest BCUT2D eigenvalue weighted by atomic mass is 35.5. The van der Waals surface area contributed by atoms with Crippen LogP contribution in [0.25, 0.3) is 0 Å². The molecular formula is C21H22ClNO. The first-order chi connectivity index (χ1) is 11.3. The van der Waals surface area contributed by atoms with Gasteiger partial charge in [0.15, 0.2) is 6.29 Å². The van der Waals surface area contributed by atoms with Crippen molar-refractivity contribution in [2.45, 2.75) is 26.7 Å². The van der Waals surface area contributed by atoms with E-state index in [4.69, 9.17) is 11.6 Å². The van der Waals surface area contributed by atoms with Crippen molar-refractivity contribution < 1.29 is 4.79 Å². The number of carbonyl (C=O) groups excluding carboxylic acids is 1. The predicted octanol–water partition coefficient (Wildman–Crippen LogP) is 5.83. The molecule has 1 N–H and O–H groups in total. The lowest BCUT2D eigenvalue weighted by atomic mass is 10.0. The topological polar surface area (TPSA) is 29.1 Å². The van der Waals surface area contributed by atoms with Crippen LogP contribution in [0.5, 0.6) is 0 Å². The summed E-state index contributed by atoms with van der Waals surface area (Å²) in [6, 6.07) is 14.1. The van der Waals surface area contributed by atoms with Gasteiger partial charge < -0.3 is 5.32 Å². The van der Waals surface area contributed by atoms with Gasteiger partial charge in [-0.3, -0.25) is 4.79 Å². The van der Waals surface area contributed by atoms with Gasteiger partial charge in [-0.2, -0.15) is 0 Å². The molecule has 1 fully saturated rings. The van der Waals surface area contributed by atoms with E-state index in [9.17, 15) is 4.79 Å². The molecule has 2 aromatic rings. The number of aldehydes is 1. The zero-order valence-electron chi connectivity index (χ0n) is 14.3. The summed E-state index contributed by atoms with van der Waals surface area (Å²) in [6.45, 7) is 10.9. The first-order valence-corrected chi connectivity index (χ1v) is 8.49. The van der Waals surface area contributed by atoms with Crippen molar-refractivity contribution in [2.24, 2.45) is 11.3 Å². The molecule has 2 aromatic carbocycles. The van der Waals surface area contributed by atoms with E-state index in [-0.39, 0.29) is 5.41 Å². The van der Waals surface area contributed by atoms with Crippen molar-refractivity contribution in [2.75, 3.05) is 5.32 Å². The van der Waals surface area contributed by atoms with E-state index in [1.165, 1.54) is 11.1 Å². The van der Waals surface area contributed by atoms with Gasteiger partial charge in [0, 0.05) is 22.9 Å². The normalized spacial score (nSPS) is 21.2. The molecule has 0 heterocycles. The quantitative estimate of drug-likeness (QED) is 0.695. The fourth-order valence-electron chi connectivity index (χ4n) is 3.75. The number of benzene rings is 2. The van der Waals surface area contributed by atoms with Crippen LogP contribution in [0, 0.1) is 18.3 Å². The Bertz CT molecular complexity index is 809. The van der Waals surface area contributed by atoms with Crippen LogP contribution in [0.15, 0.2) is 54.7 Å². The second-order valence-corrected chi connectivity index (χ2v) is 7.60. The zero-order valence-corrected chi connectivity index (χ0v) is 15.0. The zero-order chi connectivity index (χ0) is 17.5. The maximum atomic E-state index is 11.0. The molecule has 3 heteroatoms. The molecule has 0 aromatic heterocycles. The minimum Gasteiger partial charge on any atom is -0.359 e. The second kappa shape index (κ2) is 6.10. The molecule has 124 valence electrons. The van der Waals surface area contributed by atoms with E-state index in [0.29, 0.717) is 22.4 Å². The number of allylic oxidation sites excluding steroid dienone is 1. The molecule has 0 aliphatic heterocycles. The number of hydrogen-bond donors (Lipinski definition) is 1. The lowest BCUT2D eigenvalue weighted by Crippen LogP contribution is -2.04. The first-order valence-electron chi connectivity index (χ1n) is 8.11. The molecule has 24 heavy (non-hydrogen) atoms. The average molecular weight is 340 g/mol. The van der Waals surface area contributed by atoms with E-state index in [2.05, 4.69) is 56.9 Å². The Morgan fingerprint density at radius 2 is 2.00 bits per heavy atom. The van der Waals surface area contributed by atoms with Crippen molar-refractivity contribution in [1.29, 1.82) is 0 Å². The molecule has 0 amide bonds. The lowest BCUT2D eigenvalue weighted by molar-refractivity contribution is 0.112. The van der Waals surface area contributed by atoms with Crippen LogP contribution >= 0.6 is 11.6 Å². The monoisotopic (exact) mass is 339 g/mol. The van der Waals surface area contributed by atoms with Crippen molar-refractivity contribution in [3.8, 4) is 0 Å². The molecular weight excluding hydrogens is 318 g/mol. The number of anilines is 1. The Labute approximate surface area is 148 Å². The van der Waals surface area contributed by atoms with Crippen LogP contribution in [-0.2, 0) is 0 Å². The van der Waals surface area contributed by atoms with Crippen LogP contribution in [0.2, 0.25) is 5.02 Å². The fraction of sp³-hybridized carbons (Fsp3) is 0.286. The first kappa shape index (κ1) is 16.8. The van der Waals surface area contributed by atoms with Gasteiger partial charge in [-0.25, -0.2) is 0 Å². The number of carbonyl (C=O) groups is 1. The van der Waals surface area contributed by atoms with E-state index in [1.54, 1.807) is 12.1 Å². The molecule has 2 unspecified atom stereocenters. The third-order valence-corrected chi connectivity index (χ3v) is 5.38. The smallest absolute Gasteiger partial charge is 0.151 e. The van der Waals surface area contributed by atoms with Crippen molar-refractivity contribution in [3.63, 3.8) is 0 Å². The molecule has 1 aliphatic carbocycles. The summed E-state index contributed by atoms with van der Waals surface area (Å²) in [5.74, 6) is 0.810. The number of aryl methyl sites for hydroxylation is 1. The molecule has 2 atom stereocenters. The van der Waals surface area contributed by atoms with Gasteiger partial charge >= 0.3 is 0 Å². The van der Waals surface area contributed by atoms with Crippen LogP contribution < -0.4 is 5.32 Å². The Kier molecular flexibility index (Phi) is 4.27. The van der Waals surface area contributed by atoms with Crippen LogP contribution in [-0.4, -0.2) is 6.29 Å². The highest BCUT2D eigenvalue weighted by molar-refractivity contribution is 6.33. The van der Waals surface area contributed by atoms with Gasteiger partial charge in [0.1, 0.15) is 0 Å². The van der Waals surface area contributed by atoms with Crippen LogP contribution in [0.4, 0.5) is 5.69 Å². The number of rotatable bonds is 5. The maximum absolute atomic E-state index is 11.0. The predicted molar refractivity (Wildman–Crippen MR) is 101 cm³/mol. The summed E-state index contributed by atoms with van der Waals surface area (Å²) in [5.41, 5.74) is 5.11. The SMILES string of the molecule is C=C(Nc1ccc(Cl)c(C=O)c1)C1C(c2cccc(C)c2)C1(C)C. The highest BCUT2D eigenvalue weighted by Gasteiger charge is 2.59. The average Bonchev–Trinajstić information content (AvgIpc) is 3.12. The number of halogens is 1. The van der Waals surface area contributed by atoms with E-state index in [1.807, 2.05) is 6.07 Å². The third-order valence-electron chi connectivity index (χ3n) is 5.03. The number of nitrogens with one attached hydrogen (secondary N) is 1. The maximum Gasteiger partial charge on any atom is 0.151 e. The largest absolute Gasteiger partial charge is 0.359 e. The van der Waals surface area contributed by atoms with Crippen LogP contribution in [0.1, 0.15) is 41.3 Å². The lowest BCUT2D eigenvalue weighted by Gasteiger charge is -2.12. The standard InChI is InChI=1S/C21H22ClNO/c1-13-6-5-7-15(10-13)20-19(21(20,3)4)14(2)23-17-8-9-18(22)16(11-17)12-24/h5-12,19-20,23H,2H2,1,3-4H3. The second-order valence-electron chi connectivity index (χ2n) is 7.20. The van der Waals surface area contributed by atoms with Gasteiger partial charge in [-0.15, -0.1) is 0 Å². The van der Waals surface area contributed by atoms with Gasteiger partial charge in [0.05, 0.1) is 5.02 Å². The Morgan fingerprint density at radius 3 is 2.67 bits per heavy atom. The summed E-state index contributed by atoms with van der Waals surface area (Å²) >= 11 is 5.99. The van der Waals surface area contributed by atoms with Crippen LogP contribution in [0.3, 0.4) is 0 Å². The molecule has 0 radical (unpaired) electrons. The fourth-order valence-corrected chi connectivity index (χ4v) is 3.91. The van der Waals surface area contributed by atoms with Crippen molar-refractivity contribution >= 4 is 23.6 Å². The molecule has 3 rings (SSSR count). The minimum absolute atomic E-state index is 0.164. The number of hydrogen-bond acceptors (Lipinski definition) is 2. The molecule has 2 nitrogen and oxygen atoms in total. The molecule has 1 saturated carbocycles. The summed E-state index contributed by atoms with van der Waals surface area (Å²) < 4.78 is 0. The highest BCUT2D eigenvalue weighted by Crippen LogP contribution is 2.67. The Balaban J connectivity index is 1.79. The minimum atomic E-state index is 0.164. The summed E-state index contributed by atoms with van der Waals surface area (Å²) in [6.07, 6.45) is 0.771.